The monoisotopic (exact) mass is 190 g/mol. The Morgan fingerprint density at radius 1 is 1.08 bits per heavy atom. The Labute approximate surface area is 76.2 Å². The lowest BCUT2D eigenvalue weighted by Gasteiger charge is -2.11. The lowest BCUT2D eigenvalue weighted by atomic mass is 10.3. The first-order valence-corrected chi connectivity index (χ1v) is 4.44. The van der Waals surface area contributed by atoms with Crippen molar-refractivity contribution in [1.29, 1.82) is 0 Å². The fourth-order valence-electron chi connectivity index (χ4n) is 1.08. The van der Waals surface area contributed by atoms with Crippen molar-refractivity contribution in [2.75, 3.05) is 26.4 Å². The standard InChI is InChI=1S/C8H14O5/c9-5(7-3-12-7)1-11-2-6(10)8-4-13-8/h5-10H,1-4H2. The molecule has 0 aromatic heterocycles. The molecule has 0 spiro atoms. The van der Waals surface area contributed by atoms with Gasteiger partial charge in [-0.3, -0.25) is 0 Å². The average Bonchev–Trinajstić information content (AvgIpc) is 2.95. The smallest absolute Gasteiger partial charge is 0.109 e. The topological polar surface area (TPSA) is 74.8 Å². The molecule has 0 aromatic rings. The molecule has 5 nitrogen and oxygen atoms in total. The molecule has 0 bridgehead atoms. The number of hydrogen-bond donors (Lipinski definition) is 2. The van der Waals surface area contributed by atoms with E-state index in [0.29, 0.717) is 13.2 Å². The first-order valence-electron chi connectivity index (χ1n) is 4.44. The van der Waals surface area contributed by atoms with E-state index in [1.807, 2.05) is 0 Å². The fourth-order valence-corrected chi connectivity index (χ4v) is 1.08. The van der Waals surface area contributed by atoms with Crippen LogP contribution in [-0.2, 0) is 14.2 Å². The zero-order valence-corrected chi connectivity index (χ0v) is 7.26. The molecule has 4 atom stereocenters. The third-order valence-electron chi connectivity index (χ3n) is 2.15. The van der Waals surface area contributed by atoms with E-state index < -0.39 is 12.2 Å². The van der Waals surface area contributed by atoms with Crippen LogP contribution in [0.5, 0.6) is 0 Å². The lowest BCUT2D eigenvalue weighted by molar-refractivity contribution is -0.0220. The molecule has 5 heteroatoms. The van der Waals surface area contributed by atoms with E-state index in [4.69, 9.17) is 14.2 Å². The zero-order chi connectivity index (χ0) is 9.26. The quantitative estimate of drug-likeness (QED) is 0.500. The maximum absolute atomic E-state index is 9.29. The molecule has 2 fully saturated rings. The molecule has 0 radical (unpaired) electrons. The predicted octanol–water partition coefficient (Wildman–Crippen LogP) is -1.48. The van der Waals surface area contributed by atoms with Gasteiger partial charge in [-0.2, -0.15) is 0 Å². The summed E-state index contributed by atoms with van der Waals surface area (Å²) >= 11 is 0. The molecule has 0 aromatic carbocycles. The minimum atomic E-state index is -0.563. The second kappa shape index (κ2) is 3.89. The summed E-state index contributed by atoms with van der Waals surface area (Å²) in [5.74, 6) is 0. The first-order chi connectivity index (χ1) is 6.27. The summed E-state index contributed by atoms with van der Waals surface area (Å²) in [5.41, 5.74) is 0. The van der Waals surface area contributed by atoms with Gasteiger partial charge < -0.3 is 24.4 Å². The Hall–Kier alpha value is -0.200. The minimum Gasteiger partial charge on any atom is -0.388 e. The van der Waals surface area contributed by atoms with Crippen molar-refractivity contribution in [3.8, 4) is 0 Å². The largest absolute Gasteiger partial charge is 0.388 e. The van der Waals surface area contributed by atoms with Gasteiger partial charge in [-0.1, -0.05) is 0 Å². The predicted molar refractivity (Wildman–Crippen MR) is 42.3 cm³/mol. The van der Waals surface area contributed by atoms with Gasteiger partial charge in [-0.15, -0.1) is 0 Å². The Balaban J connectivity index is 1.51. The van der Waals surface area contributed by atoms with Crippen LogP contribution in [0, 0.1) is 0 Å². The van der Waals surface area contributed by atoms with Gasteiger partial charge in [0.15, 0.2) is 0 Å². The number of hydrogen-bond acceptors (Lipinski definition) is 5. The summed E-state index contributed by atoms with van der Waals surface area (Å²) in [4.78, 5) is 0. The van der Waals surface area contributed by atoms with Crippen molar-refractivity contribution in [3.63, 3.8) is 0 Å². The van der Waals surface area contributed by atoms with Crippen molar-refractivity contribution in [3.05, 3.63) is 0 Å². The Bertz CT molecular complexity index is 148. The van der Waals surface area contributed by atoms with E-state index in [9.17, 15) is 10.2 Å². The van der Waals surface area contributed by atoms with Crippen LogP contribution in [0.25, 0.3) is 0 Å². The van der Waals surface area contributed by atoms with E-state index >= 15 is 0 Å². The van der Waals surface area contributed by atoms with Gasteiger partial charge in [0.1, 0.15) is 24.4 Å². The third-order valence-corrected chi connectivity index (χ3v) is 2.15. The van der Waals surface area contributed by atoms with Crippen LogP contribution in [0.15, 0.2) is 0 Å². The molecule has 2 heterocycles. The van der Waals surface area contributed by atoms with Crippen molar-refractivity contribution >= 4 is 0 Å². The molecule has 2 saturated heterocycles. The van der Waals surface area contributed by atoms with E-state index in [-0.39, 0.29) is 25.4 Å². The Kier molecular flexibility index (Phi) is 2.80. The number of epoxide rings is 2. The SMILES string of the molecule is OC(COCC(O)C1CO1)C1CO1. The Morgan fingerprint density at radius 2 is 1.46 bits per heavy atom. The molecule has 0 aliphatic carbocycles. The van der Waals surface area contributed by atoms with Crippen molar-refractivity contribution in [1.82, 2.24) is 0 Å². The molecular weight excluding hydrogens is 176 g/mol. The number of aliphatic hydroxyl groups excluding tert-OH is 2. The molecular formula is C8H14O5. The third kappa shape index (κ3) is 2.89. The van der Waals surface area contributed by atoms with E-state index in [2.05, 4.69) is 0 Å². The van der Waals surface area contributed by atoms with E-state index in [1.54, 1.807) is 0 Å². The summed E-state index contributed by atoms with van der Waals surface area (Å²) in [7, 11) is 0. The number of rotatable bonds is 6. The minimum absolute atomic E-state index is 0.0608. The second-order valence-electron chi connectivity index (χ2n) is 3.42. The Morgan fingerprint density at radius 3 is 1.77 bits per heavy atom. The highest BCUT2D eigenvalue weighted by atomic mass is 16.6. The van der Waals surface area contributed by atoms with Crippen LogP contribution in [0.4, 0.5) is 0 Å². The van der Waals surface area contributed by atoms with E-state index in [0.717, 1.165) is 0 Å². The summed E-state index contributed by atoms with van der Waals surface area (Å²) < 4.78 is 14.8. The summed E-state index contributed by atoms with van der Waals surface area (Å²) in [5, 5.41) is 18.6. The first kappa shape index (κ1) is 9.36. The van der Waals surface area contributed by atoms with Crippen molar-refractivity contribution < 1.29 is 24.4 Å². The molecule has 0 amide bonds. The van der Waals surface area contributed by atoms with Crippen LogP contribution in [0.2, 0.25) is 0 Å². The summed E-state index contributed by atoms with van der Waals surface area (Å²) in [6, 6.07) is 0. The van der Waals surface area contributed by atoms with Crippen LogP contribution < -0.4 is 0 Å². The number of ether oxygens (including phenoxy) is 3. The molecule has 2 aliphatic rings. The fraction of sp³-hybridized carbons (Fsp3) is 1.00. The molecule has 2 N–H and O–H groups in total. The van der Waals surface area contributed by atoms with Crippen LogP contribution in [0.3, 0.4) is 0 Å². The summed E-state index contributed by atoms with van der Waals surface area (Å²) in [6.07, 6.45) is -1.25. The van der Waals surface area contributed by atoms with Crippen LogP contribution in [0.1, 0.15) is 0 Å². The molecule has 0 saturated carbocycles. The van der Waals surface area contributed by atoms with Gasteiger partial charge in [-0.05, 0) is 0 Å². The van der Waals surface area contributed by atoms with Gasteiger partial charge in [0.05, 0.1) is 26.4 Å². The van der Waals surface area contributed by atoms with Gasteiger partial charge in [0, 0.05) is 0 Å². The highest BCUT2D eigenvalue weighted by molar-refractivity contribution is 4.80. The van der Waals surface area contributed by atoms with Crippen LogP contribution >= 0.6 is 0 Å². The molecule has 13 heavy (non-hydrogen) atoms. The van der Waals surface area contributed by atoms with Gasteiger partial charge in [-0.25, -0.2) is 0 Å². The number of aliphatic hydroxyl groups is 2. The summed E-state index contributed by atoms with van der Waals surface area (Å²) in [6.45, 7) is 1.65. The molecule has 2 rings (SSSR count). The maximum atomic E-state index is 9.29. The zero-order valence-electron chi connectivity index (χ0n) is 7.26. The van der Waals surface area contributed by atoms with Crippen molar-refractivity contribution in [2.24, 2.45) is 0 Å². The highest BCUT2D eigenvalue weighted by Crippen LogP contribution is 2.16. The van der Waals surface area contributed by atoms with E-state index in [1.165, 1.54) is 0 Å². The maximum Gasteiger partial charge on any atom is 0.109 e. The second-order valence-corrected chi connectivity index (χ2v) is 3.42. The van der Waals surface area contributed by atoms with Gasteiger partial charge in [0.25, 0.3) is 0 Å². The van der Waals surface area contributed by atoms with Crippen LogP contribution in [-0.4, -0.2) is 61.1 Å². The molecule has 4 unspecified atom stereocenters. The van der Waals surface area contributed by atoms with Gasteiger partial charge in [0.2, 0.25) is 0 Å². The highest BCUT2D eigenvalue weighted by Gasteiger charge is 2.33. The van der Waals surface area contributed by atoms with Gasteiger partial charge >= 0.3 is 0 Å². The molecule has 76 valence electrons. The lowest BCUT2D eigenvalue weighted by Crippen LogP contribution is -2.27. The average molecular weight is 190 g/mol. The molecule has 2 aliphatic heterocycles. The van der Waals surface area contributed by atoms with Crippen molar-refractivity contribution in [2.45, 2.75) is 24.4 Å². The normalized spacial score (nSPS) is 35.5.